The zero-order chi connectivity index (χ0) is 33.0. The molecule has 0 amide bonds. The monoisotopic (exact) mass is 651 g/mol. The molecule has 2 atom stereocenters. The number of fused-ring (bicyclic) bond motifs is 1. The molecule has 0 saturated heterocycles. The summed E-state index contributed by atoms with van der Waals surface area (Å²) >= 11 is 0. The molecule has 0 unspecified atom stereocenters. The fraction of sp³-hybridized carbons (Fsp3) is 0.382. The lowest BCUT2D eigenvalue weighted by Crippen LogP contribution is -2.47. The molecule has 0 radical (unpaired) electrons. The fourth-order valence-corrected chi connectivity index (χ4v) is 7.14. The number of oxazole rings is 1. The van der Waals surface area contributed by atoms with Crippen LogP contribution in [0.4, 0.5) is 23.2 Å². The topological polar surface area (TPSA) is 78.0 Å². The first kappa shape index (κ1) is 31.9. The van der Waals surface area contributed by atoms with Crippen LogP contribution in [0, 0.1) is 5.82 Å². The first-order valence-corrected chi connectivity index (χ1v) is 18.2. The van der Waals surface area contributed by atoms with Gasteiger partial charge in [0.2, 0.25) is 5.89 Å². The Morgan fingerprint density at radius 1 is 0.978 bits per heavy atom. The van der Waals surface area contributed by atoms with Crippen molar-refractivity contribution in [2.75, 3.05) is 5.32 Å². The maximum atomic E-state index is 14.4. The molecule has 0 aliphatic heterocycles. The molecule has 2 heterocycles. The van der Waals surface area contributed by atoms with Crippen LogP contribution < -0.4 is 5.32 Å². The van der Waals surface area contributed by atoms with Gasteiger partial charge in [0.05, 0.1) is 12.1 Å². The van der Waals surface area contributed by atoms with Crippen molar-refractivity contribution in [3.8, 4) is 34.0 Å². The SMILES string of the molecule is Cn1cnnc1-c1cc(F)ccc1-c1cccc(-c2nc3cc(N[C@@H]4CCC[C@@H]4O[Si](C)(C)C(C)(C)C)cc(C(F)(F)F)c3o2)c1. The summed E-state index contributed by atoms with van der Waals surface area (Å²) in [5.41, 5.74) is 1.54. The normalized spacial score (nSPS) is 17.6. The van der Waals surface area contributed by atoms with Crippen LogP contribution in [0.2, 0.25) is 18.1 Å². The van der Waals surface area contributed by atoms with Gasteiger partial charge >= 0.3 is 6.18 Å². The van der Waals surface area contributed by atoms with Gasteiger partial charge in [-0.25, -0.2) is 9.37 Å². The van der Waals surface area contributed by atoms with Crippen molar-refractivity contribution < 1.29 is 26.4 Å². The second-order valence-corrected chi connectivity index (χ2v) is 18.3. The highest BCUT2D eigenvalue weighted by molar-refractivity contribution is 6.74. The number of anilines is 1. The fourth-order valence-electron chi connectivity index (χ4n) is 5.75. The van der Waals surface area contributed by atoms with E-state index in [1.165, 1.54) is 18.5 Å². The van der Waals surface area contributed by atoms with Gasteiger partial charge < -0.3 is 18.7 Å². The largest absolute Gasteiger partial charge is 0.435 e. The van der Waals surface area contributed by atoms with Gasteiger partial charge in [0, 0.05) is 23.9 Å². The molecule has 1 N–H and O–H groups in total. The zero-order valence-electron chi connectivity index (χ0n) is 26.7. The number of halogens is 4. The molecular weight excluding hydrogens is 614 g/mol. The molecule has 242 valence electrons. The lowest BCUT2D eigenvalue weighted by Gasteiger charge is -2.40. The van der Waals surface area contributed by atoms with E-state index in [1.54, 1.807) is 41.9 Å². The Morgan fingerprint density at radius 3 is 2.43 bits per heavy atom. The zero-order valence-corrected chi connectivity index (χ0v) is 27.7. The highest BCUT2D eigenvalue weighted by Gasteiger charge is 2.42. The second-order valence-electron chi connectivity index (χ2n) is 13.5. The number of aromatic nitrogens is 4. The minimum absolute atomic E-state index is 0.0185. The van der Waals surface area contributed by atoms with E-state index >= 15 is 0 Å². The minimum atomic E-state index is -4.67. The summed E-state index contributed by atoms with van der Waals surface area (Å²) in [5, 5.41) is 11.4. The highest BCUT2D eigenvalue weighted by Crippen LogP contribution is 2.42. The van der Waals surface area contributed by atoms with Crippen molar-refractivity contribution in [3.63, 3.8) is 0 Å². The van der Waals surface area contributed by atoms with Gasteiger partial charge in [0.15, 0.2) is 19.7 Å². The van der Waals surface area contributed by atoms with Crippen LogP contribution in [-0.2, 0) is 17.6 Å². The number of rotatable bonds is 7. The first-order valence-electron chi connectivity index (χ1n) is 15.3. The summed E-state index contributed by atoms with van der Waals surface area (Å²) in [4.78, 5) is 4.52. The molecule has 3 aromatic carbocycles. The lowest BCUT2D eigenvalue weighted by atomic mass is 9.97. The van der Waals surface area contributed by atoms with Crippen molar-refractivity contribution in [1.82, 2.24) is 19.7 Å². The quantitative estimate of drug-likeness (QED) is 0.140. The minimum Gasteiger partial charge on any atom is -0.435 e. The molecule has 0 bridgehead atoms. The maximum Gasteiger partial charge on any atom is 0.420 e. The lowest BCUT2D eigenvalue weighted by molar-refractivity contribution is -0.136. The van der Waals surface area contributed by atoms with Crippen LogP contribution in [-0.4, -0.2) is 40.2 Å². The van der Waals surface area contributed by atoms with Crippen LogP contribution in [0.25, 0.3) is 45.1 Å². The molecule has 12 heteroatoms. The van der Waals surface area contributed by atoms with E-state index in [1.807, 2.05) is 6.07 Å². The van der Waals surface area contributed by atoms with E-state index in [0.29, 0.717) is 33.8 Å². The molecule has 1 aliphatic carbocycles. The summed E-state index contributed by atoms with van der Waals surface area (Å²) in [6.45, 7) is 10.9. The molecule has 1 saturated carbocycles. The van der Waals surface area contributed by atoms with Gasteiger partial charge in [-0.3, -0.25) is 0 Å². The summed E-state index contributed by atoms with van der Waals surface area (Å²) in [7, 11) is -0.317. The molecule has 6 rings (SSSR count). The molecule has 7 nitrogen and oxygen atoms in total. The summed E-state index contributed by atoms with van der Waals surface area (Å²) in [5.74, 6) is 0.0779. The van der Waals surface area contributed by atoms with E-state index in [-0.39, 0.29) is 34.2 Å². The third-order valence-electron chi connectivity index (χ3n) is 9.21. The molecule has 1 aliphatic rings. The Hall–Kier alpha value is -4.03. The average Bonchev–Trinajstić information content (AvgIpc) is 3.71. The Labute approximate surface area is 266 Å². The number of nitrogens with zero attached hydrogens (tertiary/aromatic N) is 4. The van der Waals surface area contributed by atoms with Crippen molar-refractivity contribution in [1.29, 1.82) is 0 Å². The number of aryl methyl sites for hydroxylation is 1. The Balaban J connectivity index is 1.36. The Morgan fingerprint density at radius 2 is 1.74 bits per heavy atom. The van der Waals surface area contributed by atoms with E-state index < -0.39 is 25.9 Å². The highest BCUT2D eigenvalue weighted by atomic mass is 28.4. The van der Waals surface area contributed by atoms with Gasteiger partial charge in [-0.1, -0.05) is 39.0 Å². The van der Waals surface area contributed by atoms with Gasteiger partial charge in [-0.05, 0) is 84.9 Å². The standard InChI is InChI=1S/C34H37F4N5O2Si/c1-33(2,3)46(5,6)45-29-12-8-11-27(29)40-23-17-26(34(36,37)38)30-28(18-23)41-32(44-30)21-10-7-9-20(15-21)24-14-13-22(35)16-25(24)31-42-39-19-43(31)4/h7,9-10,13-19,27,29,40H,8,11-12H2,1-6H3/t27-,29+/m1/s1. The third-order valence-corrected chi connectivity index (χ3v) is 13.7. The molecule has 0 spiro atoms. The molecular formula is C34H37F4N5O2Si. The van der Waals surface area contributed by atoms with Crippen LogP contribution in [0.15, 0.2) is 65.3 Å². The molecule has 46 heavy (non-hydrogen) atoms. The first-order chi connectivity index (χ1) is 21.6. The number of nitrogens with one attached hydrogen (secondary N) is 1. The maximum absolute atomic E-state index is 14.4. The van der Waals surface area contributed by atoms with Gasteiger partial charge in [-0.2, -0.15) is 13.2 Å². The van der Waals surface area contributed by atoms with Crippen LogP contribution in [0.3, 0.4) is 0 Å². The summed E-state index contributed by atoms with van der Waals surface area (Å²) in [6, 6.07) is 14.0. The smallest absolute Gasteiger partial charge is 0.420 e. The van der Waals surface area contributed by atoms with Crippen molar-refractivity contribution >= 4 is 25.1 Å². The molecule has 2 aromatic heterocycles. The van der Waals surface area contributed by atoms with Gasteiger partial charge in [0.1, 0.15) is 23.2 Å². The predicted octanol–water partition coefficient (Wildman–Crippen LogP) is 9.47. The van der Waals surface area contributed by atoms with Gasteiger partial charge in [0.25, 0.3) is 0 Å². The van der Waals surface area contributed by atoms with Crippen LogP contribution in [0.1, 0.15) is 45.6 Å². The van der Waals surface area contributed by atoms with Crippen molar-refractivity contribution in [3.05, 3.63) is 72.3 Å². The number of alkyl halides is 3. The number of hydrogen-bond acceptors (Lipinski definition) is 6. The third kappa shape index (κ3) is 6.20. The van der Waals surface area contributed by atoms with Gasteiger partial charge in [-0.15, -0.1) is 10.2 Å². The van der Waals surface area contributed by atoms with E-state index in [0.717, 1.165) is 25.3 Å². The van der Waals surface area contributed by atoms with E-state index in [2.05, 4.69) is 54.4 Å². The van der Waals surface area contributed by atoms with Crippen LogP contribution in [0.5, 0.6) is 0 Å². The van der Waals surface area contributed by atoms with Crippen LogP contribution >= 0.6 is 0 Å². The van der Waals surface area contributed by atoms with Crippen molar-refractivity contribution in [2.45, 2.75) is 76.5 Å². The predicted molar refractivity (Wildman–Crippen MR) is 173 cm³/mol. The van der Waals surface area contributed by atoms with E-state index in [9.17, 15) is 17.6 Å². The van der Waals surface area contributed by atoms with Crippen molar-refractivity contribution in [2.24, 2.45) is 7.05 Å². The molecule has 5 aromatic rings. The Kier molecular flexibility index (Phi) is 8.08. The molecule has 1 fully saturated rings. The number of benzene rings is 3. The summed E-state index contributed by atoms with van der Waals surface area (Å²) < 4.78 is 71.7. The number of hydrogen-bond donors (Lipinski definition) is 1. The Bertz CT molecular complexity index is 1890. The average molecular weight is 652 g/mol. The summed E-state index contributed by atoms with van der Waals surface area (Å²) in [6.07, 6.45) is -0.638. The second kappa shape index (κ2) is 11.6. The van der Waals surface area contributed by atoms with E-state index in [4.69, 9.17) is 8.84 Å².